The summed E-state index contributed by atoms with van der Waals surface area (Å²) in [5.41, 5.74) is 2.56. The van der Waals surface area contributed by atoms with Crippen molar-refractivity contribution in [1.29, 1.82) is 0 Å². The fourth-order valence-corrected chi connectivity index (χ4v) is 3.72. The molecule has 1 aliphatic carbocycles. The number of carbonyl (C=O) groups excluding carboxylic acids is 2. The number of ketones is 1. The highest BCUT2D eigenvalue weighted by atomic mass is 16.2. The van der Waals surface area contributed by atoms with E-state index in [1.165, 1.54) is 6.42 Å². The first-order chi connectivity index (χ1) is 12.0. The summed E-state index contributed by atoms with van der Waals surface area (Å²) in [6.45, 7) is 5.80. The van der Waals surface area contributed by atoms with Crippen molar-refractivity contribution in [3.05, 3.63) is 47.3 Å². The Morgan fingerprint density at radius 2 is 1.88 bits per heavy atom. The van der Waals surface area contributed by atoms with Crippen LogP contribution in [0, 0.1) is 19.8 Å². The molecule has 132 valence electrons. The standard InChI is InChI=1S/C20H25N3O2/c1-13-8-7-9-16(12-13)21-20(25)19(24)18-14(2)22-23(15(18)3)17-10-5-4-6-11-17/h4-6,10-11,13,16H,7-9,12H2,1-3H3,(H,21,25). The number of carbonyl (C=O) groups is 2. The number of nitrogens with one attached hydrogen (secondary N) is 1. The average Bonchev–Trinajstić information content (AvgIpc) is 2.89. The topological polar surface area (TPSA) is 64.0 Å². The van der Waals surface area contributed by atoms with Crippen LogP contribution in [0.5, 0.6) is 0 Å². The van der Waals surface area contributed by atoms with E-state index in [1.54, 1.807) is 11.6 Å². The Morgan fingerprint density at radius 3 is 2.56 bits per heavy atom. The first kappa shape index (κ1) is 17.4. The van der Waals surface area contributed by atoms with Gasteiger partial charge in [-0.15, -0.1) is 0 Å². The number of benzene rings is 1. The number of hydrogen-bond acceptors (Lipinski definition) is 3. The second-order valence-electron chi connectivity index (χ2n) is 7.06. The molecular weight excluding hydrogens is 314 g/mol. The molecule has 0 radical (unpaired) electrons. The minimum Gasteiger partial charge on any atom is -0.346 e. The maximum absolute atomic E-state index is 12.7. The van der Waals surface area contributed by atoms with Crippen LogP contribution in [-0.4, -0.2) is 27.5 Å². The summed E-state index contributed by atoms with van der Waals surface area (Å²) < 4.78 is 1.72. The van der Waals surface area contributed by atoms with E-state index in [1.807, 2.05) is 37.3 Å². The van der Waals surface area contributed by atoms with Crippen LogP contribution in [0.15, 0.2) is 30.3 Å². The summed E-state index contributed by atoms with van der Waals surface area (Å²) in [6, 6.07) is 9.73. The smallest absolute Gasteiger partial charge is 0.292 e. The van der Waals surface area contributed by atoms with Gasteiger partial charge in [-0.2, -0.15) is 5.10 Å². The van der Waals surface area contributed by atoms with Gasteiger partial charge < -0.3 is 5.32 Å². The molecular formula is C20H25N3O2. The fraction of sp³-hybridized carbons (Fsp3) is 0.450. The number of hydrogen-bond donors (Lipinski definition) is 1. The molecule has 1 heterocycles. The van der Waals surface area contributed by atoms with Crippen molar-refractivity contribution in [2.24, 2.45) is 5.92 Å². The minimum absolute atomic E-state index is 0.102. The highest BCUT2D eigenvalue weighted by Gasteiger charge is 2.28. The second-order valence-corrected chi connectivity index (χ2v) is 7.06. The second kappa shape index (κ2) is 7.21. The molecule has 5 nitrogen and oxygen atoms in total. The number of nitrogens with zero attached hydrogens (tertiary/aromatic N) is 2. The first-order valence-electron chi connectivity index (χ1n) is 8.94. The van der Waals surface area contributed by atoms with Crippen LogP contribution in [0.3, 0.4) is 0 Å². The Balaban J connectivity index is 1.80. The quantitative estimate of drug-likeness (QED) is 0.686. The van der Waals surface area contributed by atoms with Crippen LogP contribution in [0.1, 0.15) is 54.4 Å². The molecule has 1 N–H and O–H groups in total. The summed E-state index contributed by atoms with van der Waals surface area (Å²) in [4.78, 5) is 25.2. The Hall–Kier alpha value is -2.43. The van der Waals surface area contributed by atoms with Crippen molar-refractivity contribution < 1.29 is 9.59 Å². The van der Waals surface area contributed by atoms with Crippen LogP contribution in [0.2, 0.25) is 0 Å². The van der Waals surface area contributed by atoms with E-state index in [-0.39, 0.29) is 6.04 Å². The summed E-state index contributed by atoms with van der Waals surface area (Å²) in [7, 11) is 0. The monoisotopic (exact) mass is 339 g/mol. The third-order valence-electron chi connectivity index (χ3n) is 5.00. The van der Waals surface area contributed by atoms with Gasteiger partial charge in [-0.25, -0.2) is 4.68 Å². The lowest BCUT2D eigenvalue weighted by Gasteiger charge is -2.27. The van der Waals surface area contributed by atoms with Crippen molar-refractivity contribution in [3.63, 3.8) is 0 Å². The van der Waals surface area contributed by atoms with E-state index < -0.39 is 11.7 Å². The van der Waals surface area contributed by atoms with Gasteiger partial charge in [0, 0.05) is 6.04 Å². The van der Waals surface area contributed by atoms with Crippen LogP contribution < -0.4 is 5.32 Å². The molecule has 1 amide bonds. The molecule has 2 unspecified atom stereocenters. The maximum atomic E-state index is 12.7. The van der Waals surface area contributed by atoms with Crippen LogP contribution in [0.4, 0.5) is 0 Å². The van der Waals surface area contributed by atoms with Gasteiger partial charge in [0.1, 0.15) is 0 Å². The molecule has 2 atom stereocenters. The van der Waals surface area contributed by atoms with Crippen molar-refractivity contribution in [1.82, 2.24) is 15.1 Å². The number of para-hydroxylation sites is 1. The van der Waals surface area contributed by atoms with Crippen molar-refractivity contribution >= 4 is 11.7 Å². The van der Waals surface area contributed by atoms with E-state index in [0.29, 0.717) is 22.9 Å². The largest absolute Gasteiger partial charge is 0.346 e. The Morgan fingerprint density at radius 1 is 1.16 bits per heavy atom. The van der Waals surface area contributed by atoms with E-state index >= 15 is 0 Å². The number of rotatable bonds is 4. The highest BCUT2D eigenvalue weighted by molar-refractivity contribution is 6.43. The summed E-state index contributed by atoms with van der Waals surface area (Å²) >= 11 is 0. The lowest BCUT2D eigenvalue weighted by Crippen LogP contribution is -2.41. The minimum atomic E-state index is -0.516. The van der Waals surface area contributed by atoms with E-state index in [2.05, 4.69) is 17.3 Å². The van der Waals surface area contributed by atoms with Crippen molar-refractivity contribution in [3.8, 4) is 5.69 Å². The predicted octanol–water partition coefficient (Wildman–Crippen LogP) is 3.37. The normalized spacial score (nSPS) is 20.3. The van der Waals surface area contributed by atoms with Crippen LogP contribution in [0.25, 0.3) is 5.69 Å². The molecule has 25 heavy (non-hydrogen) atoms. The highest BCUT2D eigenvalue weighted by Crippen LogP contribution is 2.24. The SMILES string of the molecule is Cc1nn(-c2ccccc2)c(C)c1C(=O)C(=O)NC1CCCC(C)C1. The number of amides is 1. The molecule has 1 aliphatic rings. The van der Waals surface area contributed by atoms with Crippen molar-refractivity contribution in [2.75, 3.05) is 0 Å². The van der Waals surface area contributed by atoms with Gasteiger partial charge in [-0.3, -0.25) is 9.59 Å². The molecule has 0 bridgehead atoms. The summed E-state index contributed by atoms with van der Waals surface area (Å²) in [5.74, 6) is -0.410. The first-order valence-corrected chi connectivity index (χ1v) is 8.94. The van der Waals surface area contributed by atoms with E-state index in [4.69, 9.17) is 0 Å². The van der Waals surface area contributed by atoms with Gasteiger partial charge in [0.15, 0.2) is 0 Å². The molecule has 5 heteroatoms. The third-order valence-corrected chi connectivity index (χ3v) is 5.00. The average molecular weight is 339 g/mol. The van der Waals surface area contributed by atoms with Gasteiger partial charge in [-0.1, -0.05) is 38.0 Å². The van der Waals surface area contributed by atoms with Gasteiger partial charge in [-0.05, 0) is 44.7 Å². The molecule has 2 aromatic rings. The zero-order valence-electron chi connectivity index (χ0n) is 15.1. The number of aromatic nitrogens is 2. The molecule has 0 aliphatic heterocycles. The molecule has 3 rings (SSSR count). The lowest BCUT2D eigenvalue weighted by atomic mass is 9.87. The third kappa shape index (κ3) is 3.65. The molecule has 0 saturated heterocycles. The van der Waals surface area contributed by atoms with Crippen LogP contribution >= 0.6 is 0 Å². The zero-order chi connectivity index (χ0) is 18.0. The Bertz CT molecular complexity index is 780. The molecule has 1 aromatic heterocycles. The maximum Gasteiger partial charge on any atom is 0.292 e. The predicted molar refractivity (Wildman–Crippen MR) is 96.9 cm³/mol. The van der Waals surface area contributed by atoms with Gasteiger partial charge in [0.2, 0.25) is 0 Å². The zero-order valence-corrected chi connectivity index (χ0v) is 15.1. The van der Waals surface area contributed by atoms with Crippen LogP contribution in [-0.2, 0) is 4.79 Å². The molecule has 1 fully saturated rings. The fourth-order valence-electron chi connectivity index (χ4n) is 3.72. The van der Waals surface area contributed by atoms with E-state index in [9.17, 15) is 9.59 Å². The lowest BCUT2D eigenvalue weighted by molar-refractivity contribution is -0.117. The molecule has 0 spiro atoms. The Labute approximate surface area is 148 Å². The Kier molecular flexibility index (Phi) is 5.02. The van der Waals surface area contributed by atoms with Crippen molar-refractivity contribution in [2.45, 2.75) is 52.5 Å². The van der Waals surface area contributed by atoms with Gasteiger partial charge >= 0.3 is 0 Å². The molecule has 1 saturated carbocycles. The van der Waals surface area contributed by atoms with E-state index in [0.717, 1.165) is 24.9 Å². The number of aryl methyl sites for hydroxylation is 1. The summed E-state index contributed by atoms with van der Waals surface area (Å²) in [5, 5.41) is 7.38. The summed E-state index contributed by atoms with van der Waals surface area (Å²) in [6.07, 6.45) is 4.19. The molecule has 1 aromatic carbocycles. The number of Topliss-reactive ketones (excluding diaryl/α,β-unsaturated/α-hetero) is 1. The van der Waals surface area contributed by atoms with Gasteiger partial charge in [0.05, 0.1) is 22.6 Å². The van der Waals surface area contributed by atoms with Gasteiger partial charge in [0.25, 0.3) is 11.7 Å².